The Kier molecular flexibility index (Phi) is 4.92. The lowest BCUT2D eigenvalue weighted by molar-refractivity contribution is -0.139. The second-order valence-corrected chi connectivity index (χ2v) is 5.82. The molecule has 1 aromatic rings. The van der Waals surface area contributed by atoms with Gasteiger partial charge in [-0.2, -0.15) is 8.78 Å². The van der Waals surface area contributed by atoms with Crippen LogP contribution in [0.1, 0.15) is 38.7 Å². The van der Waals surface area contributed by atoms with Gasteiger partial charge in [0.05, 0.1) is 5.92 Å². The molecule has 1 rings (SSSR count). The summed E-state index contributed by atoms with van der Waals surface area (Å²) in [5, 5.41) is 9.34. The SMILES string of the molecule is CC(C)(C)CC(C(=O)O)c1cc(OC(F)F)ccc1N. The zero-order valence-electron chi connectivity index (χ0n) is 11.7. The summed E-state index contributed by atoms with van der Waals surface area (Å²) in [7, 11) is 0. The van der Waals surface area contributed by atoms with E-state index in [0.29, 0.717) is 12.0 Å². The maximum atomic E-state index is 12.2. The van der Waals surface area contributed by atoms with Crippen LogP contribution in [-0.2, 0) is 4.79 Å². The van der Waals surface area contributed by atoms with E-state index in [4.69, 9.17) is 5.73 Å². The number of nitrogens with two attached hydrogens (primary N) is 1. The van der Waals surface area contributed by atoms with Gasteiger partial charge in [0.15, 0.2) is 0 Å². The average molecular weight is 287 g/mol. The van der Waals surface area contributed by atoms with Gasteiger partial charge in [0.2, 0.25) is 0 Å². The Morgan fingerprint density at radius 1 is 1.40 bits per heavy atom. The van der Waals surface area contributed by atoms with E-state index in [1.807, 2.05) is 20.8 Å². The molecule has 20 heavy (non-hydrogen) atoms. The third kappa shape index (κ3) is 4.68. The van der Waals surface area contributed by atoms with E-state index in [-0.39, 0.29) is 16.9 Å². The number of rotatable bonds is 5. The van der Waals surface area contributed by atoms with E-state index in [1.165, 1.54) is 18.2 Å². The molecule has 0 saturated carbocycles. The third-order valence-electron chi connectivity index (χ3n) is 2.77. The Balaban J connectivity index is 3.15. The van der Waals surface area contributed by atoms with Crippen molar-refractivity contribution in [1.82, 2.24) is 0 Å². The molecule has 0 aliphatic rings. The number of anilines is 1. The number of aliphatic carboxylic acids is 1. The highest BCUT2D eigenvalue weighted by Crippen LogP contribution is 2.36. The third-order valence-corrected chi connectivity index (χ3v) is 2.77. The van der Waals surface area contributed by atoms with Gasteiger partial charge in [-0.25, -0.2) is 0 Å². The maximum Gasteiger partial charge on any atom is 0.387 e. The van der Waals surface area contributed by atoms with Crippen molar-refractivity contribution in [3.8, 4) is 5.75 Å². The van der Waals surface area contributed by atoms with Crippen LogP contribution in [0.25, 0.3) is 0 Å². The summed E-state index contributed by atoms with van der Waals surface area (Å²) in [6, 6.07) is 3.94. The minimum absolute atomic E-state index is 0.0932. The zero-order chi connectivity index (χ0) is 15.5. The fourth-order valence-corrected chi connectivity index (χ4v) is 1.97. The first-order valence-corrected chi connectivity index (χ1v) is 6.17. The first kappa shape index (κ1) is 16.2. The number of alkyl halides is 2. The maximum absolute atomic E-state index is 12.2. The molecule has 0 saturated heterocycles. The molecule has 0 aliphatic carbocycles. The number of hydrogen-bond donors (Lipinski definition) is 2. The quantitative estimate of drug-likeness (QED) is 0.813. The van der Waals surface area contributed by atoms with Gasteiger partial charge in [-0.15, -0.1) is 0 Å². The van der Waals surface area contributed by atoms with Crippen molar-refractivity contribution in [3.63, 3.8) is 0 Å². The van der Waals surface area contributed by atoms with Crippen LogP contribution in [0, 0.1) is 5.41 Å². The molecule has 1 aromatic carbocycles. The summed E-state index contributed by atoms with van der Waals surface area (Å²) in [6.07, 6.45) is 0.338. The number of nitrogen functional groups attached to an aromatic ring is 1. The molecule has 0 heterocycles. The average Bonchev–Trinajstić information content (AvgIpc) is 2.26. The van der Waals surface area contributed by atoms with Gasteiger partial charge >= 0.3 is 12.6 Å². The minimum Gasteiger partial charge on any atom is -0.481 e. The fourth-order valence-electron chi connectivity index (χ4n) is 1.97. The molecule has 1 atom stereocenters. The van der Waals surface area contributed by atoms with Gasteiger partial charge in [0.25, 0.3) is 0 Å². The topological polar surface area (TPSA) is 72.5 Å². The van der Waals surface area contributed by atoms with Crippen LogP contribution in [0.15, 0.2) is 18.2 Å². The number of benzene rings is 1. The van der Waals surface area contributed by atoms with E-state index in [1.54, 1.807) is 0 Å². The molecule has 0 aliphatic heterocycles. The first-order valence-electron chi connectivity index (χ1n) is 6.17. The zero-order valence-corrected chi connectivity index (χ0v) is 11.7. The molecule has 0 radical (unpaired) electrons. The molecule has 0 aromatic heterocycles. The molecule has 0 bridgehead atoms. The molecule has 0 amide bonds. The number of ether oxygens (including phenoxy) is 1. The summed E-state index contributed by atoms with van der Waals surface area (Å²) in [4.78, 5) is 11.4. The molecule has 3 N–H and O–H groups in total. The van der Waals surface area contributed by atoms with Gasteiger partial charge in [-0.1, -0.05) is 20.8 Å². The highest BCUT2D eigenvalue weighted by atomic mass is 19.3. The predicted octanol–water partition coefficient (Wildman–Crippen LogP) is 3.47. The Bertz CT molecular complexity index is 484. The Hall–Kier alpha value is -1.85. The Morgan fingerprint density at radius 3 is 2.45 bits per heavy atom. The molecular weight excluding hydrogens is 268 g/mol. The lowest BCUT2D eigenvalue weighted by Crippen LogP contribution is -2.20. The normalized spacial score (nSPS) is 13.3. The van der Waals surface area contributed by atoms with E-state index >= 15 is 0 Å². The van der Waals surface area contributed by atoms with Crippen LogP contribution >= 0.6 is 0 Å². The van der Waals surface area contributed by atoms with Crippen molar-refractivity contribution < 1.29 is 23.4 Å². The summed E-state index contributed by atoms with van der Waals surface area (Å²) in [6.45, 7) is 2.74. The van der Waals surface area contributed by atoms with Gasteiger partial charge < -0.3 is 15.6 Å². The Labute approximate surface area is 116 Å². The van der Waals surface area contributed by atoms with Gasteiger partial charge in [-0.3, -0.25) is 4.79 Å². The fraction of sp³-hybridized carbons (Fsp3) is 0.500. The molecule has 6 heteroatoms. The molecule has 0 spiro atoms. The standard InChI is InChI=1S/C14H19F2NO3/c1-14(2,3)7-10(12(18)19)9-6-8(20-13(15)16)4-5-11(9)17/h4-6,10,13H,7,17H2,1-3H3,(H,18,19). The highest BCUT2D eigenvalue weighted by molar-refractivity contribution is 5.79. The summed E-state index contributed by atoms with van der Waals surface area (Å²) in [5.74, 6) is -2.00. The van der Waals surface area contributed by atoms with Crippen LogP contribution in [0.3, 0.4) is 0 Å². The van der Waals surface area contributed by atoms with Crippen molar-refractivity contribution in [2.24, 2.45) is 5.41 Å². The molecule has 4 nitrogen and oxygen atoms in total. The molecular formula is C14H19F2NO3. The van der Waals surface area contributed by atoms with Crippen LogP contribution in [-0.4, -0.2) is 17.7 Å². The van der Waals surface area contributed by atoms with E-state index in [0.717, 1.165) is 0 Å². The van der Waals surface area contributed by atoms with E-state index in [2.05, 4.69) is 4.74 Å². The molecule has 0 fully saturated rings. The summed E-state index contributed by atoms with van der Waals surface area (Å²) >= 11 is 0. The van der Waals surface area contributed by atoms with Crippen molar-refractivity contribution in [2.45, 2.75) is 39.7 Å². The molecule has 1 unspecified atom stereocenters. The van der Waals surface area contributed by atoms with Crippen LogP contribution in [0.4, 0.5) is 14.5 Å². The number of halogens is 2. The highest BCUT2D eigenvalue weighted by Gasteiger charge is 2.28. The lowest BCUT2D eigenvalue weighted by atomic mass is 9.81. The van der Waals surface area contributed by atoms with Crippen molar-refractivity contribution in [3.05, 3.63) is 23.8 Å². The smallest absolute Gasteiger partial charge is 0.387 e. The largest absolute Gasteiger partial charge is 0.481 e. The van der Waals surface area contributed by atoms with Gasteiger partial charge in [0.1, 0.15) is 5.75 Å². The summed E-state index contributed by atoms with van der Waals surface area (Å²) in [5.41, 5.74) is 6.08. The van der Waals surface area contributed by atoms with E-state index in [9.17, 15) is 18.7 Å². The second kappa shape index (κ2) is 6.07. The number of carboxylic acid groups (broad SMARTS) is 1. The monoisotopic (exact) mass is 287 g/mol. The predicted molar refractivity (Wildman–Crippen MR) is 71.9 cm³/mol. The number of carboxylic acids is 1. The van der Waals surface area contributed by atoms with Gasteiger partial charge in [-0.05, 0) is 35.6 Å². The van der Waals surface area contributed by atoms with Crippen LogP contribution < -0.4 is 10.5 Å². The second-order valence-electron chi connectivity index (χ2n) is 5.82. The molecule has 112 valence electrons. The Morgan fingerprint density at radius 2 is 2.00 bits per heavy atom. The van der Waals surface area contributed by atoms with Crippen molar-refractivity contribution in [1.29, 1.82) is 0 Å². The lowest BCUT2D eigenvalue weighted by Gasteiger charge is -2.24. The van der Waals surface area contributed by atoms with Crippen LogP contribution in [0.2, 0.25) is 0 Å². The van der Waals surface area contributed by atoms with Crippen molar-refractivity contribution >= 4 is 11.7 Å². The van der Waals surface area contributed by atoms with E-state index < -0.39 is 18.5 Å². The summed E-state index contributed by atoms with van der Waals surface area (Å²) < 4.78 is 28.7. The number of carbonyl (C=O) groups is 1. The first-order chi connectivity index (χ1) is 9.10. The van der Waals surface area contributed by atoms with Gasteiger partial charge in [0, 0.05) is 5.69 Å². The minimum atomic E-state index is -2.96. The van der Waals surface area contributed by atoms with Crippen molar-refractivity contribution in [2.75, 3.05) is 5.73 Å². The number of hydrogen-bond acceptors (Lipinski definition) is 3. The van der Waals surface area contributed by atoms with Crippen LogP contribution in [0.5, 0.6) is 5.75 Å².